The molecule has 1 atom stereocenters. The molecule has 1 heterocycles. The van der Waals surface area contributed by atoms with Crippen molar-refractivity contribution >= 4 is 5.69 Å². The number of aryl methyl sites for hydroxylation is 2. The molecule has 0 aromatic heterocycles. The largest absolute Gasteiger partial charge is 0.371 e. The van der Waals surface area contributed by atoms with Crippen molar-refractivity contribution in [1.29, 1.82) is 0 Å². The monoisotopic (exact) mass is 258 g/mol. The van der Waals surface area contributed by atoms with E-state index in [4.69, 9.17) is 0 Å². The zero-order valence-corrected chi connectivity index (χ0v) is 12.3. The molecule has 0 radical (unpaired) electrons. The maximum atomic E-state index is 3.69. The number of nitrogens with one attached hydrogen (secondary N) is 1. The Kier molecular flexibility index (Phi) is 3.79. The molecule has 2 aliphatic rings. The van der Waals surface area contributed by atoms with Crippen LogP contribution in [0.4, 0.5) is 5.69 Å². The van der Waals surface area contributed by atoms with Gasteiger partial charge in [0.2, 0.25) is 0 Å². The van der Waals surface area contributed by atoms with Crippen molar-refractivity contribution in [2.24, 2.45) is 5.92 Å². The lowest BCUT2D eigenvalue weighted by molar-refractivity contribution is 0.515. The number of rotatable bonds is 5. The van der Waals surface area contributed by atoms with Crippen LogP contribution in [0, 0.1) is 12.8 Å². The van der Waals surface area contributed by atoms with E-state index in [1.165, 1.54) is 55.7 Å². The Hall–Kier alpha value is -1.02. The molecule has 1 saturated heterocycles. The lowest BCUT2D eigenvalue weighted by Gasteiger charge is -2.24. The first-order valence-corrected chi connectivity index (χ1v) is 7.84. The fourth-order valence-electron chi connectivity index (χ4n) is 3.28. The second kappa shape index (κ2) is 5.54. The number of hydrogen-bond acceptors (Lipinski definition) is 2. The van der Waals surface area contributed by atoms with E-state index in [1.54, 1.807) is 0 Å². The van der Waals surface area contributed by atoms with Crippen molar-refractivity contribution in [1.82, 2.24) is 5.32 Å². The summed E-state index contributed by atoms with van der Waals surface area (Å²) in [5, 5.41) is 3.69. The van der Waals surface area contributed by atoms with Crippen LogP contribution >= 0.6 is 0 Å². The molecule has 0 amide bonds. The van der Waals surface area contributed by atoms with Gasteiger partial charge >= 0.3 is 0 Å². The van der Waals surface area contributed by atoms with Gasteiger partial charge in [0.1, 0.15) is 0 Å². The van der Waals surface area contributed by atoms with Crippen LogP contribution in [0.3, 0.4) is 0 Å². The van der Waals surface area contributed by atoms with Gasteiger partial charge in [0.25, 0.3) is 0 Å². The van der Waals surface area contributed by atoms with Crippen LogP contribution in [-0.4, -0.2) is 25.7 Å². The molecule has 3 rings (SSSR count). The van der Waals surface area contributed by atoms with E-state index in [2.05, 4.69) is 42.3 Å². The average molecular weight is 258 g/mol. The highest BCUT2D eigenvalue weighted by Crippen LogP contribution is 2.31. The van der Waals surface area contributed by atoms with E-state index in [-0.39, 0.29) is 0 Å². The van der Waals surface area contributed by atoms with Crippen LogP contribution < -0.4 is 10.2 Å². The van der Waals surface area contributed by atoms with Crippen LogP contribution in [0.15, 0.2) is 18.2 Å². The van der Waals surface area contributed by atoms with Crippen LogP contribution in [0.5, 0.6) is 0 Å². The minimum atomic E-state index is 0.838. The minimum absolute atomic E-state index is 0.838. The molecule has 0 spiro atoms. The maximum absolute atomic E-state index is 3.69. The highest BCUT2D eigenvalue weighted by Gasteiger charge is 2.27. The lowest BCUT2D eigenvalue weighted by atomic mass is 10.0. The zero-order chi connectivity index (χ0) is 13.2. The second-order valence-corrected chi connectivity index (χ2v) is 6.22. The molecule has 1 aliphatic heterocycles. The molecule has 19 heavy (non-hydrogen) atoms. The summed E-state index contributed by atoms with van der Waals surface area (Å²) in [6, 6.07) is 7.58. The van der Waals surface area contributed by atoms with E-state index >= 15 is 0 Å². The minimum Gasteiger partial charge on any atom is -0.371 e. The van der Waals surface area contributed by atoms with E-state index in [0.29, 0.717) is 0 Å². The van der Waals surface area contributed by atoms with Gasteiger partial charge in [0.15, 0.2) is 0 Å². The molecule has 0 bridgehead atoms. The Balaban J connectivity index is 1.66. The normalized spacial score (nSPS) is 23.1. The van der Waals surface area contributed by atoms with Gasteiger partial charge in [0.05, 0.1) is 0 Å². The fourth-order valence-corrected chi connectivity index (χ4v) is 3.28. The third kappa shape index (κ3) is 2.94. The van der Waals surface area contributed by atoms with Crippen LogP contribution in [-0.2, 0) is 6.42 Å². The molecule has 2 nitrogen and oxygen atoms in total. The molecule has 1 N–H and O–H groups in total. The summed E-state index contributed by atoms with van der Waals surface area (Å²) >= 11 is 0. The summed E-state index contributed by atoms with van der Waals surface area (Å²) in [5.41, 5.74) is 4.46. The highest BCUT2D eigenvalue weighted by atomic mass is 15.2. The van der Waals surface area contributed by atoms with E-state index < -0.39 is 0 Å². The Bertz CT molecular complexity index is 437. The number of para-hydroxylation sites is 1. The number of hydrogen-bond donors (Lipinski definition) is 1. The standard InChI is InChI=1S/C17H26N2/c1-3-15-6-4-5-13(2)17(15)19-10-9-14(12-19)11-18-16-7-8-16/h4-6,14,16,18H,3,7-12H2,1-2H3. The molecule has 1 aliphatic carbocycles. The van der Waals surface area contributed by atoms with Gasteiger partial charge in [-0.2, -0.15) is 0 Å². The van der Waals surface area contributed by atoms with Crippen LogP contribution in [0.25, 0.3) is 0 Å². The Morgan fingerprint density at radius 3 is 2.84 bits per heavy atom. The molecule has 1 unspecified atom stereocenters. The first-order chi connectivity index (χ1) is 9.28. The molecular weight excluding hydrogens is 232 g/mol. The van der Waals surface area contributed by atoms with Gasteiger partial charge < -0.3 is 10.2 Å². The maximum Gasteiger partial charge on any atom is 0.0428 e. The molecule has 2 heteroatoms. The van der Waals surface area contributed by atoms with Gasteiger partial charge in [-0.05, 0) is 56.2 Å². The van der Waals surface area contributed by atoms with E-state index in [0.717, 1.165) is 18.4 Å². The van der Waals surface area contributed by atoms with Gasteiger partial charge in [-0.15, -0.1) is 0 Å². The average Bonchev–Trinajstić information content (AvgIpc) is 3.14. The van der Waals surface area contributed by atoms with Crippen molar-refractivity contribution in [3.8, 4) is 0 Å². The van der Waals surface area contributed by atoms with Gasteiger partial charge in [-0.1, -0.05) is 25.1 Å². The Labute approximate surface area is 117 Å². The van der Waals surface area contributed by atoms with Gasteiger partial charge in [-0.25, -0.2) is 0 Å². The molecule has 104 valence electrons. The summed E-state index contributed by atoms with van der Waals surface area (Å²) in [6.07, 6.45) is 5.28. The first-order valence-electron chi connectivity index (χ1n) is 7.84. The Morgan fingerprint density at radius 2 is 2.11 bits per heavy atom. The van der Waals surface area contributed by atoms with E-state index in [1.807, 2.05) is 0 Å². The SMILES string of the molecule is CCc1cccc(C)c1N1CCC(CNC2CC2)C1. The van der Waals surface area contributed by atoms with Crippen molar-refractivity contribution < 1.29 is 0 Å². The van der Waals surface area contributed by atoms with Gasteiger partial charge in [0, 0.05) is 24.8 Å². The summed E-state index contributed by atoms with van der Waals surface area (Å²) in [4.78, 5) is 2.62. The summed E-state index contributed by atoms with van der Waals surface area (Å²) in [6.45, 7) is 8.20. The van der Waals surface area contributed by atoms with Crippen LogP contribution in [0.2, 0.25) is 0 Å². The molecule has 1 aromatic rings. The third-order valence-electron chi connectivity index (χ3n) is 4.58. The topological polar surface area (TPSA) is 15.3 Å². The molecular formula is C17H26N2. The lowest BCUT2D eigenvalue weighted by Crippen LogP contribution is -2.28. The Morgan fingerprint density at radius 1 is 1.26 bits per heavy atom. The van der Waals surface area contributed by atoms with Crippen LogP contribution in [0.1, 0.15) is 37.3 Å². The van der Waals surface area contributed by atoms with Crippen molar-refractivity contribution in [3.05, 3.63) is 29.3 Å². The summed E-state index contributed by atoms with van der Waals surface area (Å²) in [5.74, 6) is 0.838. The zero-order valence-electron chi connectivity index (χ0n) is 12.3. The molecule has 1 saturated carbocycles. The predicted octanol–water partition coefficient (Wildman–Crippen LogP) is 3.14. The fraction of sp³-hybridized carbons (Fsp3) is 0.647. The summed E-state index contributed by atoms with van der Waals surface area (Å²) in [7, 11) is 0. The smallest absolute Gasteiger partial charge is 0.0428 e. The number of anilines is 1. The highest BCUT2D eigenvalue weighted by molar-refractivity contribution is 5.60. The number of benzene rings is 1. The van der Waals surface area contributed by atoms with Crippen molar-refractivity contribution in [2.45, 2.75) is 45.6 Å². The van der Waals surface area contributed by atoms with Crippen molar-refractivity contribution in [2.75, 3.05) is 24.5 Å². The van der Waals surface area contributed by atoms with Gasteiger partial charge in [-0.3, -0.25) is 0 Å². The quantitative estimate of drug-likeness (QED) is 0.873. The third-order valence-corrected chi connectivity index (χ3v) is 4.58. The summed E-state index contributed by atoms with van der Waals surface area (Å²) < 4.78 is 0. The first kappa shape index (κ1) is 13.0. The second-order valence-electron chi connectivity index (χ2n) is 6.22. The predicted molar refractivity (Wildman–Crippen MR) is 81.9 cm³/mol. The molecule has 1 aromatic carbocycles. The molecule has 2 fully saturated rings. The van der Waals surface area contributed by atoms with E-state index in [9.17, 15) is 0 Å². The number of nitrogens with zero attached hydrogens (tertiary/aromatic N) is 1. The van der Waals surface area contributed by atoms with Crippen molar-refractivity contribution in [3.63, 3.8) is 0 Å².